The van der Waals surface area contributed by atoms with E-state index in [9.17, 15) is 13.2 Å². The van der Waals surface area contributed by atoms with Crippen LogP contribution >= 0.6 is 0 Å². The normalized spacial score (nSPS) is 12.6. The van der Waals surface area contributed by atoms with Crippen LogP contribution < -0.4 is 10.0 Å². The van der Waals surface area contributed by atoms with Gasteiger partial charge in [-0.15, -0.1) is 0 Å². The second-order valence-corrected chi connectivity index (χ2v) is 7.62. The molecule has 2 rings (SSSR count). The predicted octanol–water partition coefficient (Wildman–Crippen LogP) is 2.62. The first-order valence-electron chi connectivity index (χ1n) is 7.83. The summed E-state index contributed by atoms with van der Waals surface area (Å²) in [5.41, 5.74) is 2.39. The number of nitrogens with one attached hydrogen (secondary N) is 2. The van der Waals surface area contributed by atoms with Crippen molar-refractivity contribution in [3.05, 3.63) is 71.3 Å². The summed E-state index contributed by atoms with van der Waals surface area (Å²) in [5.74, 6) is -0.114. The average Bonchev–Trinajstić information content (AvgIpc) is 2.61. The standard InChI is InChI=1S/C18H22N2O3S/c1-3-24(22,23)19-13-15-9-11-17(12-10-15)18(21)20-14(2)16-7-5-4-6-8-16/h4-12,14,19H,3,13H2,1-2H3,(H,20,21)/t14-/m0/s1. The van der Waals surface area contributed by atoms with Gasteiger partial charge in [0.15, 0.2) is 0 Å². The van der Waals surface area contributed by atoms with E-state index in [1.54, 1.807) is 31.2 Å². The van der Waals surface area contributed by atoms with Crippen molar-refractivity contribution in [2.75, 3.05) is 5.75 Å². The van der Waals surface area contributed by atoms with Gasteiger partial charge in [-0.2, -0.15) is 0 Å². The van der Waals surface area contributed by atoms with Gasteiger partial charge in [0, 0.05) is 12.1 Å². The molecular weight excluding hydrogens is 324 g/mol. The van der Waals surface area contributed by atoms with Crippen molar-refractivity contribution in [3.63, 3.8) is 0 Å². The van der Waals surface area contributed by atoms with E-state index >= 15 is 0 Å². The molecule has 5 nitrogen and oxygen atoms in total. The highest BCUT2D eigenvalue weighted by Gasteiger charge is 2.11. The molecule has 0 saturated heterocycles. The van der Waals surface area contributed by atoms with E-state index in [1.165, 1.54) is 0 Å². The van der Waals surface area contributed by atoms with Crippen LogP contribution in [0.4, 0.5) is 0 Å². The van der Waals surface area contributed by atoms with Gasteiger partial charge in [-0.1, -0.05) is 42.5 Å². The smallest absolute Gasteiger partial charge is 0.251 e. The Morgan fingerprint density at radius 3 is 2.25 bits per heavy atom. The number of hydrogen-bond acceptors (Lipinski definition) is 3. The van der Waals surface area contributed by atoms with Crippen LogP contribution in [0.3, 0.4) is 0 Å². The summed E-state index contributed by atoms with van der Waals surface area (Å²) in [4.78, 5) is 12.3. The summed E-state index contributed by atoms with van der Waals surface area (Å²) in [6.45, 7) is 3.74. The number of rotatable bonds is 7. The fraction of sp³-hybridized carbons (Fsp3) is 0.278. The van der Waals surface area contributed by atoms with Crippen LogP contribution in [-0.4, -0.2) is 20.1 Å². The Hall–Kier alpha value is -2.18. The minimum Gasteiger partial charge on any atom is -0.346 e. The zero-order valence-corrected chi connectivity index (χ0v) is 14.6. The van der Waals surface area contributed by atoms with Crippen molar-refractivity contribution in [1.29, 1.82) is 0 Å². The number of carbonyl (C=O) groups is 1. The molecule has 0 bridgehead atoms. The molecule has 0 aliphatic heterocycles. The zero-order chi connectivity index (χ0) is 17.6. The van der Waals surface area contributed by atoms with Crippen LogP contribution in [-0.2, 0) is 16.6 Å². The molecule has 0 radical (unpaired) electrons. The molecular formula is C18H22N2O3S. The van der Waals surface area contributed by atoms with Crippen molar-refractivity contribution in [2.24, 2.45) is 0 Å². The molecule has 2 aromatic carbocycles. The summed E-state index contributed by atoms with van der Waals surface area (Å²) < 4.78 is 25.4. The van der Waals surface area contributed by atoms with E-state index in [1.807, 2.05) is 37.3 Å². The Morgan fingerprint density at radius 2 is 1.67 bits per heavy atom. The molecule has 1 amide bonds. The van der Waals surface area contributed by atoms with Crippen LogP contribution in [0.5, 0.6) is 0 Å². The van der Waals surface area contributed by atoms with Gasteiger partial charge < -0.3 is 5.32 Å². The Bertz CT molecular complexity index is 772. The van der Waals surface area contributed by atoms with Crippen molar-refractivity contribution in [3.8, 4) is 0 Å². The lowest BCUT2D eigenvalue weighted by molar-refractivity contribution is 0.0940. The van der Waals surface area contributed by atoms with Crippen molar-refractivity contribution in [2.45, 2.75) is 26.4 Å². The number of sulfonamides is 1. The largest absolute Gasteiger partial charge is 0.346 e. The second-order valence-electron chi connectivity index (χ2n) is 5.53. The van der Waals surface area contributed by atoms with Gasteiger partial charge in [-0.25, -0.2) is 13.1 Å². The number of benzene rings is 2. The molecule has 0 fully saturated rings. The summed E-state index contributed by atoms with van der Waals surface area (Å²) >= 11 is 0. The van der Waals surface area contributed by atoms with E-state index in [0.29, 0.717) is 5.56 Å². The SMILES string of the molecule is CCS(=O)(=O)NCc1ccc(C(=O)N[C@@H](C)c2ccccc2)cc1. The number of amides is 1. The van der Waals surface area contributed by atoms with Crippen LogP contribution in [0.2, 0.25) is 0 Å². The lowest BCUT2D eigenvalue weighted by atomic mass is 10.1. The number of carbonyl (C=O) groups excluding carboxylic acids is 1. The molecule has 2 N–H and O–H groups in total. The van der Waals surface area contributed by atoms with Crippen LogP contribution in [0.1, 0.15) is 41.4 Å². The first-order valence-corrected chi connectivity index (χ1v) is 9.48. The van der Waals surface area contributed by atoms with E-state index in [4.69, 9.17) is 0 Å². The van der Waals surface area contributed by atoms with Gasteiger partial charge in [0.05, 0.1) is 11.8 Å². The molecule has 6 heteroatoms. The first kappa shape index (κ1) is 18.2. The molecule has 24 heavy (non-hydrogen) atoms. The summed E-state index contributed by atoms with van der Waals surface area (Å²) in [5, 5.41) is 2.95. The molecule has 128 valence electrons. The van der Waals surface area contributed by atoms with E-state index < -0.39 is 10.0 Å². The highest BCUT2D eigenvalue weighted by molar-refractivity contribution is 7.89. The molecule has 0 saturated carbocycles. The Morgan fingerprint density at radius 1 is 1.04 bits per heavy atom. The van der Waals surface area contributed by atoms with Gasteiger partial charge in [-0.3, -0.25) is 4.79 Å². The lowest BCUT2D eigenvalue weighted by Crippen LogP contribution is -2.27. The number of hydrogen-bond donors (Lipinski definition) is 2. The summed E-state index contributed by atoms with van der Waals surface area (Å²) in [7, 11) is -3.22. The Labute approximate surface area is 143 Å². The van der Waals surface area contributed by atoms with Gasteiger partial charge >= 0.3 is 0 Å². The molecule has 0 aliphatic rings. The van der Waals surface area contributed by atoms with E-state index in [0.717, 1.165) is 11.1 Å². The van der Waals surface area contributed by atoms with Crippen LogP contribution in [0.15, 0.2) is 54.6 Å². The third-order valence-corrected chi connectivity index (χ3v) is 5.08. The molecule has 0 unspecified atom stereocenters. The molecule has 0 heterocycles. The summed E-state index contributed by atoms with van der Waals surface area (Å²) in [6.07, 6.45) is 0. The maximum atomic E-state index is 12.3. The topological polar surface area (TPSA) is 75.3 Å². The highest BCUT2D eigenvalue weighted by atomic mass is 32.2. The Balaban J connectivity index is 1.96. The first-order chi connectivity index (χ1) is 11.4. The molecule has 2 aromatic rings. The third kappa shape index (κ3) is 5.18. The van der Waals surface area contributed by atoms with Gasteiger partial charge in [0.1, 0.15) is 0 Å². The van der Waals surface area contributed by atoms with Crippen molar-refractivity contribution < 1.29 is 13.2 Å². The van der Waals surface area contributed by atoms with Gasteiger partial charge in [0.25, 0.3) is 5.91 Å². The highest BCUT2D eigenvalue weighted by Crippen LogP contribution is 2.13. The Kier molecular flexibility index (Phi) is 6.11. The monoisotopic (exact) mass is 346 g/mol. The lowest BCUT2D eigenvalue weighted by Gasteiger charge is -2.14. The minimum atomic E-state index is -3.22. The summed E-state index contributed by atoms with van der Waals surface area (Å²) in [6, 6.07) is 16.5. The fourth-order valence-electron chi connectivity index (χ4n) is 2.17. The van der Waals surface area contributed by atoms with E-state index in [-0.39, 0.29) is 24.2 Å². The molecule has 0 aromatic heterocycles. The fourth-order valence-corrected chi connectivity index (χ4v) is 2.77. The van der Waals surface area contributed by atoms with Gasteiger partial charge in [-0.05, 0) is 37.1 Å². The molecule has 1 atom stereocenters. The maximum absolute atomic E-state index is 12.3. The minimum absolute atomic E-state index is 0.0465. The molecule has 0 spiro atoms. The second kappa shape index (κ2) is 8.08. The van der Waals surface area contributed by atoms with Gasteiger partial charge in [0.2, 0.25) is 10.0 Å². The van der Waals surface area contributed by atoms with E-state index in [2.05, 4.69) is 10.0 Å². The van der Waals surface area contributed by atoms with Crippen LogP contribution in [0, 0.1) is 0 Å². The van der Waals surface area contributed by atoms with Crippen molar-refractivity contribution >= 4 is 15.9 Å². The predicted molar refractivity (Wildman–Crippen MR) is 95.1 cm³/mol. The van der Waals surface area contributed by atoms with Crippen LogP contribution in [0.25, 0.3) is 0 Å². The molecule has 0 aliphatic carbocycles. The zero-order valence-electron chi connectivity index (χ0n) is 13.8. The quantitative estimate of drug-likeness (QED) is 0.809. The van der Waals surface area contributed by atoms with Crippen molar-refractivity contribution in [1.82, 2.24) is 10.0 Å². The average molecular weight is 346 g/mol. The maximum Gasteiger partial charge on any atom is 0.251 e. The third-order valence-electron chi connectivity index (χ3n) is 3.74.